The van der Waals surface area contributed by atoms with Gasteiger partial charge in [-0.1, -0.05) is 0 Å². The molecule has 0 bridgehead atoms. The Bertz CT molecular complexity index is 991. The van der Waals surface area contributed by atoms with Crippen LogP contribution in [0.4, 0.5) is 13.6 Å². The molecule has 0 N–H and O–H groups in total. The van der Waals surface area contributed by atoms with Crippen molar-refractivity contribution in [2.75, 3.05) is 6.61 Å². The zero-order valence-electron chi connectivity index (χ0n) is 13.2. The maximum Gasteiger partial charge on any atom is 0.514 e. The SMILES string of the molecule is CCOC(=O)Oc1cn2c3c(c(F)c(F)cc3c1=O)OC(C1CC1)=C2. The molecule has 2 aliphatic rings. The standard InChI is InChI=1S/C17H13F2NO5/c1-2-23-17(22)25-12-7-20-6-11(8-3-4-8)24-16-13(19)10(18)5-9(14(16)20)15(12)21/h5-8H,2-4H2,1H3. The van der Waals surface area contributed by atoms with E-state index in [1.807, 2.05) is 0 Å². The fourth-order valence-corrected chi connectivity index (χ4v) is 2.75. The molecule has 0 saturated heterocycles. The first-order chi connectivity index (χ1) is 12.0. The topological polar surface area (TPSA) is 66.8 Å². The molecule has 0 radical (unpaired) electrons. The Morgan fingerprint density at radius 2 is 2.16 bits per heavy atom. The maximum absolute atomic E-state index is 14.2. The van der Waals surface area contributed by atoms with E-state index in [4.69, 9.17) is 9.47 Å². The second kappa shape index (κ2) is 5.58. The number of benzene rings is 1. The number of hydrogen-bond donors (Lipinski definition) is 0. The van der Waals surface area contributed by atoms with Crippen LogP contribution in [0.5, 0.6) is 11.5 Å². The minimum atomic E-state index is -1.21. The summed E-state index contributed by atoms with van der Waals surface area (Å²) in [6.07, 6.45) is 3.55. The van der Waals surface area contributed by atoms with Crippen molar-refractivity contribution in [1.82, 2.24) is 4.57 Å². The average molecular weight is 349 g/mol. The number of nitrogens with zero attached hydrogens (tertiary/aromatic N) is 1. The molecule has 6 nitrogen and oxygen atoms in total. The zero-order chi connectivity index (χ0) is 17.7. The molecule has 0 atom stereocenters. The summed E-state index contributed by atoms with van der Waals surface area (Å²) in [7, 11) is 0. The van der Waals surface area contributed by atoms with Gasteiger partial charge in [-0.25, -0.2) is 9.18 Å². The van der Waals surface area contributed by atoms with Crippen LogP contribution in [-0.4, -0.2) is 17.3 Å². The highest BCUT2D eigenvalue weighted by molar-refractivity contribution is 5.89. The molecule has 1 aromatic carbocycles. The number of rotatable bonds is 3. The van der Waals surface area contributed by atoms with Crippen LogP contribution in [0.1, 0.15) is 19.8 Å². The van der Waals surface area contributed by atoms with E-state index in [1.165, 1.54) is 10.8 Å². The van der Waals surface area contributed by atoms with Gasteiger partial charge in [0.1, 0.15) is 11.3 Å². The van der Waals surface area contributed by atoms with Crippen molar-refractivity contribution in [2.24, 2.45) is 5.92 Å². The third kappa shape index (κ3) is 2.54. The lowest BCUT2D eigenvalue weighted by atomic mass is 10.1. The number of ether oxygens (including phenoxy) is 3. The minimum absolute atomic E-state index is 0.0736. The van der Waals surface area contributed by atoms with Crippen LogP contribution in [-0.2, 0) is 4.74 Å². The predicted octanol–water partition coefficient (Wildman–Crippen LogP) is 3.42. The van der Waals surface area contributed by atoms with Gasteiger partial charge in [0.25, 0.3) is 0 Å². The third-order valence-electron chi connectivity index (χ3n) is 4.05. The number of hydrogen-bond acceptors (Lipinski definition) is 5. The third-order valence-corrected chi connectivity index (χ3v) is 4.05. The van der Waals surface area contributed by atoms with E-state index in [1.54, 1.807) is 13.1 Å². The normalized spacial score (nSPS) is 15.6. The maximum atomic E-state index is 14.2. The van der Waals surface area contributed by atoms with Crippen molar-refractivity contribution in [3.8, 4) is 11.5 Å². The highest BCUT2D eigenvalue weighted by Gasteiger charge is 2.33. The molecule has 1 saturated carbocycles. The Hall–Kier alpha value is -2.90. The molecule has 4 rings (SSSR count). The molecule has 2 aromatic rings. The van der Waals surface area contributed by atoms with Crippen molar-refractivity contribution >= 4 is 23.3 Å². The molecular weight excluding hydrogens is 336 g/mol. The predicted molar refractivity (Wildman–Crippen MR) is 83.4 cm³/mol. The summed E-state index contributed by atoms with van der Waals surface area (Å²) in [5.41, 5.74) is -0.671. The lowest BCUT2D eigenvalue weighted by molar-refractivity contribution is 0.104. The minimum Gasteiger partial charge on any atom is -0.454 e. The van der Waals surface area contributed by atoms with Crippen LogP contribution >= 0.6 is 0 Å². The Morgan fingerprint density at radius 3 is 2.84 bits per heavy atom. The molecule has 0 unspecified atom stereocenters. The van der Waals surface area contributed by atoms with Crippen LogP contribution < -0.4 is 14.9 Å². The van der Waals surface area contributed by atoms with Crippen LogP contribution in [0.3, 0.4) is 0 Å². The Balaban J connectivity index is 1.94. The van der Waals surface area contributed by atoms with E-state index < -0.39 is 23.2 Å². The number of carbonyl (C=O) groups excluding carboxylic acids is 1. The van der Waals surface area contributed by atoms with Crippen LogP contribution in [0.15, 0.2) is 22.8 Å². The van der Waals surface area contributed by atoms with E-state index in [0.29, 0.717) is 5.76 Å². The molecule has 1 aliphatic heterocycles. The van der Waals surface area contributed by atoms with Crippen LogP contribution in [0, 0.1) is 17.6 Å². The van der Waals surface area contributed by atoms with Gasteiger partial charge in [0.15, 0.2) is 17.3 Å². The quantitative estimate of drug-likeness (QED) is 0.795. The van der Waals surface area contributed by atoms with Crippen molar-refractivity contribution < 1.29 is 27.8 Å². The lowest BCUT2D eigenvalue weighted by Crippen LogP contribution is -2.20. The first-order valence-electron chi connectivity index (χ1n) is 7.80. The molecule has 2 heterocycles. The van der Waals surface area contributed by atoms with Crippen LogP contribution in [0.2, 0.25) is 0 Å². The molecule has 1 aromatic heterocycles. The summed E-state index contributed by atoms with van der Waals surface area (Å²) in [6, 6.07) is 0.768. The monoisotopic (exact) mass is 349 g/mol. The van der Waals surface area contributed by atoms with Gasteiger partial charge < -0.3 is 18.8 Å². The molecular formula is C17H13F2NO5. The number of halogens is 2. The summed E-state index contributed by atoms with van der Waals surface area (Å²) >= 11 is 0. The van der Waals surface area contributed by atoms with E-state index >= 15 is 0 Å². The molecule has 130 valence electrons. The molecule has 8 heteroatoms. The molecule has 0 spiro atoms. The zero-order valence-corrected chi connectivity index (χ0v) is 13.2. The molecule has 1 fully saturated rings. The second-order valence-corrected chi connectivity index (χ2v) is 5.82. The lowest BCUT2D eigenvalue weighted by Gasteiger charge is -2.21. The first kappa shape index (κ1) is 15.6. The summed E-state index contributed by atoms with van der Waals surface area (Å²) in [5.74, 6) is -2.44. The van der Waals surface area contributed by atoms with Crippen molar-refractivity contribution in [3.05, 3.63) is 39.9 Å². The molecule has 0 amide bonds. The number of carbonyl (C=O) groups is 1. The number of allylic oxidation sites excluding steroid dienone is 1. The number of aromatic nitrogens is 1. The van der Waals surface area contributed by atoms with Gasteiger partial charge in [0.05, 0.1) is 18.2 Å². The Kier molecular flexibility index (Phi) is 3.48. The van der Waals surface area contributed by atoms with Gasteiger partial charge in [-0.3, -0.25) is 4.79 Å². The first-order valence-corrected chi connectivity index (χ1v) is 7.80. The summed E-state index contributed by atoms with van der Waals surface area (Å²) < 4.78 is 44.6. The smallest absolute Gasteiger partial charge is 0.454 e. The summed E-state index contributed by atoms with van der Waals surface area (Å²) in [5, 5.41) is -0.151. The largest absolute Gasteiger partial charge is 0.514 e. The van der Waals surface area contributed by atoms with E-state index in [-0.39, 0.29) is 34.9 Å². The van der Waals surface area contributed by atoms with Crippen molar-refractivity contribution in [2.45, 2.75) is 19.8 Å². The van der Waals surface area contributed by atoms with Crippen LogP contribution in [0.25, 0.3) is 17.1 Å². The highest BCUT2D eigenvalue weighted by Crippen LogP contribution is 2.43. The fourth-order valence-electron chi connectivity index (χ4n) is 2.75. The summed E-state index contributed by atoms with van der Waals surface area (Å²) in [4.78, 5) is 24.0. The molecule has 25 heavy (non-hydrogen) atoms. The molecule has 1 aliphatic carbocycles. The van der Waals surface area contributed by atoms with Gasteiger partial charge in [0.2, 0.25) is 11.2 Å². The summed E-state index contributed by atoms with van der Waals surface area (Å²) in [6.45, 7) is 1.66. The van der Waals surface area contributed by atoms with E-state index in [2.05, 4.69) is 4.74 Å². The van der Waals surface area contributed by atoms with Crippen molar-refractivity contribution in [1.29, 1.82) is 0 Å². The van der Waals surface area contributed by atoms with Gasteiger partial charge in [-0.05, 0) is 25.8 Å². The average Bonchev–Trinajstić information content (AvgIpc) is 3.41. The van der Waals surface area contributed by atoms with Gasteiger partial charge in [-0.15, -0.1) is 0 Å². The second-order valence-electron chi connectivity index (χ2n) is 5.82. The van der Waals surface area contributed by atoms with Gasteiger partial charge in [-0.2, -0.15) is 4.39 Å². The highest BCUT2D eigenvalue weighted by atomic mass is 19.2. The van der Waals surface area contributed by atoms with E-state index in [0.717, 1.165) is 18.9 Å². The van der Waals surface area contributed by atoms with E-state index in [9.17, 15) is 18.4 Å². The number of pyridine rings is 1. The van der Waals surface area contributed by atoms with Gasteiger partial charge in [0, 0.05) is 12.1 Å². The Labute approximate surface area is 140 Å². The van der Waals surface area contributed by atoms with Crippen molar-refractivity contribution in [3.63, 3.8) is 0 Å². The fraction of sp³-hybridized carbons (Fsp3) is 0.294. The Morgan fingerprint density at radius 1 is 1.40 bits per heavy atom. The van der Waals surface area contributed by atoms with Gasteiger partial charge >= 0.3 is 6.16 Å².